The predicted octanol–water partition coefficient (Wildman–Crippen LogP) is 1.03. The monoisotopic (exact) mass is 243 g/mol. The van der Waals surface area contributed by atoms with Crippen LogP contribution in [-0.2, 0) is 13.5 Å². The number of hydrogen-bond acceptors (Lipinski definition) is 4. The molecular formula is C13H17N5. The first kappa shape index (κ1) is 11.3. The average molecular weight is 243 g/mol. The highest BCUT2D eigenvalue weighted by Gasteiger charge is 2.16. The van der Waals surface area contributed by atoms with E-state index in [4.69, 9.17) is 0 Å². The first-order valence-electron chi connectivity index (χ1n) is 6.33. The number of aryl methyl sites for hydroxylation is 1. The van der Waals surface area contributed by atoms with Gasteiger partial charge in [-0.1, -0.05) is 0 Å². The summed E-state index contributed by atoms with van der Waals surface area (Å²) in [6.45, 7) is 2.22. The highest BCUT2D eigenvalue weighted by Crippen LogP contribution is 2.17. The Morgan fingerprint density at radius 1 is 1.44 bits per heavy atom. The third kappa shape index (κ3) is 2.26. The minimum atomic E-state index is 0.695. The van der Waals surface area contributed by atoms with Crippen LogP contribution in [0.1, 0.15) is 12.1 Å². The number of rotatable bonds is 3. The van der Waals surface area contributed by atoms with E-state index < -0.39 is 0 Å². The van der Waals surface area contributed by atoms with Gasteiger partial charge in [-0.05, 0) is 37.9 Å². The Hall–Kier alpha value is -1.75. The molecule has 2 aromatic rings. The van der Waals surface area contributed by atoms with Crippen LogP contribution in [-0.4, -0.2) is 32.8 Å². The normalized spacial score (nSPS) is 19.3. The summed E-state index contributed by atoms with van der Waals surface area (Å²) in [6.07, 6.45) is 7.69. The van der Waals surface area contributed by atoms with Gasteiger partial charge in [0.05, 0.1) is 17.6 Å². The molecule has 0 amide bonds. The molecule has 94 valence electrons. The summed E-state index contributed by atoms with van der Waals surface area (Å²) in [5, 5.41) is 7.55. The second-order valence-electron chi connectivity index (χ2n) is 4.80. The Kier molecular flexibility index (Phi) is 3.06. The summed E-state index contributed by atoms with van der Waals surface area (Å²) >= 11 is 0. The zero-order valence-corrected chi connectivity index (χ0v) is 10.5. The molecule has 0 bridgehead atoms. The van der Waals surface area contributed by atoms with Crippen molar-refractivity contribution in [2.45, 2.75) is 12.8 Å². The van der Waals surface area contributed by atoms with E-state index in [-0.39, 0.29) is 0 Å². The third-order valence-corrected chi connectivity index (χ3v) is 3.43. The lowest BCUT2D eigenvalue weighted by Crippen LogP contribution is -2.11. The van der Waals surface area contributed by atoms with Crippen molar-refractivity contribution in [3.8, 4) is 11.4 Å². The zero-order chi connectivity index (χ0) is 12.4. The quantitative estimate of drug-likeness (QED) is 0.874. The molecule has 3 rings (SSSR count). The van der Waals surface area contributed by atoms with Gasteiger partial charge in [-0.2, -0.15) is 5.10 Å². The minimum Gasteiger partial charge on any atom is -0.316 e. The van der Waals surface area contributed by atoms with E-state index in [2.05, 4.69) is 20.4 Å². The van der Waals surface area contributed by atoms with Gasteiger partial charge in [0.2, 0.25) is 0 Å². The highest BCUT2D eigenvalue weighted by molar-refractivity contribution is 5.52. The van der Waals surface area contributed by atoms with Crippen LogP contribution in [0.15, 0.2) is 24.7 Å². The van der Waals surface area contributed by atoms with E-state index in [9.17, 15) is 0 Å². The van der Waals surface area contributed by atoms with Crippen LogP contribution in [0, 0.1) is 5.92 Å². The summed E-state index contributed by atoms with van der Waals surface area (Å²) in [4.78, 5) is 8.99. The maximum absolute atomic E-state index is 4.69. The van der Waals surface area contributed by atoms with Gasteiger partial charge in [0.25, 0.3) is 0 Å². The summed E-state index contributed by atoms with van der Waals surface area (Å²) < 4.78 is 1.82. The molecule has 1 aliphatic rings. The fourth-order valence-electron chi connectivity index (χ4n) is 2.44. The molecule has 5 nitrogen and oxygen atoms in total. The molecule has 0 aromatic carbocycles. The number of nitrogens with zero attached hydrogens (tertiary/aromatic N) is 4. The number of nitrogens with one attached hydrogen (secondary N) is 1. The van der Waals surface area contributed by atoms with Gasteiger partial charge in [0.15, 0.2) is 0 Å². The lowest BCUT2D eigenvalue weighted by Gasteiger charge is -2.08. The number of hydrogen-bond donors (Lipinski definition) is 1. The SMILES string of the molecule is Cn1nccc1-c1cncc(C[C@@H]2CCNC2)n1. The van der Waals surface area contributed by atoms with E-state index in [1.165, 1.54) is 6.42 Å². The lowest BCUT2D eigenvalue weighted by atomic mass is 10.0. The van der Waals surface area contributed by atoms with Crippen LogP contribution >= 0.6 is 0 Å². The molecule has 2 aromatic heterocycles. The van der Waals surface area contributed by atoms with Gasteiger partial charge in [-0.15, -0.1) is 0 Å². The smallest absolute Gasteiger partial charge is 0.107 e. The first-order chi connectivity index (χ1) is 8.83. The first-order valence-corrected chi connectivity index (χ1v) is 6.33. The molecule has 18 heavy (non-hydrogen) atoms. The molecule has 1 N–H and O–H groups in total. The zero-order valence-electron chi connectivity index (χ0n) is 10.5. The number of aromatic nitrogens is 4. The molecule has 3 heterocycles. The van der Waals surface area contributed by atoms with Gasteiger partial charge in [-0.25, -0.2) is 4.98 Å². The van der Waals surface area contributed by atoms with Gasteiger partial charge >= 0.3 is 0 Å². The van der Waals surface area contributed by atoms with Crippen molar-refractivity contribution < 1.29 is 0 Å². The molecule has 0 aliphatic carbocycles. The van der Waals surface area contributed by atoms with Crippen molar-refractivity contribution >= 4 is 0 Å². The Labute approximate surface area is 106 Å². The maximum Gasteiger partial charge on any atom is 0.107 e. The Bertz CT molecular complexity index is 528. The molecule has 1 atom stereocenters. The van der Waals surface area contributed by atoms with E-state index in [1.54, 1.807) is 12.4 Å². The summed E-state index contributed by atoms with van der Waals surface area (Å²) in [6, 6.07) is 1.96. The van der Waals surface area contributed by atoms with Crippen molar-refractivity contribution in [3.63, 3.8) is 0 Å². The second kappa shape index (κ2) is 4.86. The van der Waals surface area contributed by atoms with E-state index in [0.717, 1.165) is 36.6 Å². The van der Waals surface area contributed by atoms with E-state index in [0.29, 0.717) is 5.92 Å². The van der Waals surface area contributed by atoms with Gasteiger partial charge in [0.1, 0.15) is 5.69 Å². The largest absolute Gasteiger partial charge is 0.316 e. The third-order valence-electron chi connectivity index (χ3n) is 3.43. The van der Waals surface area contributed by atoms with Crippen molar-refractivity contribution in [2.24, 2.45) is 13.0 Å². The van der Waals surface area contributed by atoms with Crippen LogP contribution in [0.25, 0.3) is 11.4 Å². The minimum absolute atomic E-state index is 0.695. The second-order valence-corrected chi connectivity index (χ2v) is 4.80. The van der Waals surface area contributed by atoms with Gasteiger partial charge < -0.3 is 5.32 Å². The van der Waals surface area contributed by atoms with Crippen LogP contribution in [0.3, 0.4) is 0 Å². The van der Waals surface area contributed by atoms with Crippen LogP contribution in [0.5, 0.6) is 0 Å². The van der Waals surface area contributed by atoms with Crippen molar-refractivity contribution in [3.05, 3.63) is 30.4 Å². The molecule has 0 spiro atoms. The van der Waals surface area contributed by atoms with E-state index in [1.807, 2.05) is 24.0 Å². The van der Waals surface area contributed by atoms with Crippen molar-refractivity contribution in [1.29, 1.82) is 0 Å². The molecule has 0 saturated carbocycles. The topological polar surface area (TPSA) is 55.6 Å². The van der Waals surface area contributed by atoms with Crippen molar-refractivity contribution in [1.82, 2.24) is 25.1 Å². The van der Waals surface area contributed by atoms with Crippen molar-refractivity contribution in [2.75, 3.05) is 13.1 Å². The highest BCUT2D eigenvalue weighted by atomic mass is 15.3. The average Bonchev–Trinajstić information content (AvgIpc) is 3.01. The fourth-order valence-corrected chi connectivity index (χ4v) is 2.44. The Morgan fingerprint density at radius 3 is 3.11 bits per heavy atom. The predicted molar refractivity (Wildman–Crippen MR) is 68.9 cm³/mol. The molecular weight excluding hydrogens is 226 g/mol. The molecule has 0 radical (unpaired) electrons. The summed E-state index contributed by atoms with van der Waals surface area (Å²) in [7, 11) is 1.92. The fraction of sp³-hybridized carbons (Fsp3) is 0.462. The molecule has 5 heteroatoms. The van der Waals surface area contributed by atoms with Gasteiger partial charge in [-0.3, -0.25) is 9.67 Å². The van der Waals surface area contributed by atoms with Crippen LogP contribution in [0.4, 0.5) is 0 Å². The molecule has 1 aliphatic heterocycles. The summed E-state index contributed by atoms with van der Waals surface area (Å²) in [5.74, 6) is 0.695. The van der Waals surface area contributed by atoms with Crippen LogP contribution in [0.2, 0.25) is 0 Å². The Morgan fingerprint density at radius 2 is 2.39 bits per heavy atom. The molecule has 1 fully saturated rings. The van der Waals surface area contributed by atoms with Crippen LogP contribution < -0.4 is 5.32 Å². The standard InChI is InChI=1S/C13H17N5/c1-18-13(3-5-16-18)12-9-15-8-11(17-12)6-10-2-4-14-7-10/h3,5,8-10,14H,2,4,6-7H2,1H3/t10-/m0/s1. The van der Waals surface area contributed by atoms with E-state index >= 15 is 0 Å². The molecule has 1 saturated heterocycles. The molecule has 0 unspecified atom stereocenters. The van der Waals surface area contributed by atoms with Gasteiger partial charge in [0, 0.05) is 19.4 Å². The maximum atomic E-state index is 4.69. The lowest BCUT2D eigenvalue weighted by molar-refractivity contribution is 0.570. The Balaban J connectivity index is 1.82. The summed E-state index contributed by atoms with van der Waals surface area (Å²) in [5.41, 5.74) is 2.98.